The molecule has 1 aliphatic heterocycles. The van der Waals surface area contributed by atoms with Gasteiger partial charge >= 0.3 is 0 Å². The maximum absolute atomic E-state index is 12.5. The number of amides is 2. The fourth-order valence-corrected chi connectivity index (χ4v) is 5.41. The molecule has 7 heteroatoms. The van der Waals surface area contributed by atoms with Crippen molar-refractivity contribution in [3.63, 3.8) is 0 Å². The van der Waals surface area contributed by atoms with Gasteiger partial charge in [-0.3, -0.25) is 9.59 Å². The molecule has 5 nitrogen and oxygen atoms in total. The summed E-state index contributed by atoms with van der Waals surface area (Å²) in [6.45, 7) is 5.82. The number of likely N-dealkylation sites (tertiary alicyclic amines) is 1. The standard InChI is InChI=1S/C20H27N3O2S2/c1-3-15-9-7-8-12-23(15)19(25)14-26-13-18(24)21-20-22(4-2)16-10-5-6-11-17(16)27-20/h5-6,10-11,15H,3-4,7-9,12-14H2,1-2H3. The van der Waals surface area contributed by atoms with E-state index in [0.717, 1.165) is 47.4 Å². The molecule has 1 fully saturated rings. The molecule has 27 heavy (non-hydrogen) atoms. The quantitative estimate of drug-likeness (QED) is 0.737. The molecule has 1 aliphatic rings. The van der Waals surface area contributed by atoms with Crippen molar-refractivity contribution in [3.05, 3.63) is 29.1 Å². The van der Waals surface area contributed by atoms with Crippen LogP contribution in [-0.4, -0.2) is 45.4 Å². The molecule has 0 radical (unpaired) electrons. The van der Waals surface area contributed by atoms with Gasteiger partial charge in [0.25, 0.3) is 5.91 Å². The number of aryl methyl sites for hydroxylation is 1. The molecule has 1 aromatic heterocycles. The highest BCUT2D eigenvalue weighted by Crippen LogP contribution is 2.20. The number of thiazole rings is 1. The normalized spacial score (nSPS) is 18.2. The molecule has 0 N–H and O–H groups in total. The van der Waals surface area contributed by atoms with Crippen LogP contribution in [0.5, 0.6) is 0 Å². The lowest BCUT2D eigenvalue weighted by Gasteiger charge is -2.35. The topological polar surface area (TPSA) is 54.7 Å². The zero-order chi connectivity index (χ0) is 19.2. The predicted molar refractivity (Wildman–Crippen MR) is 113 cm³/mol. The van der Waals surface area contributed by atoms with Crippen molar-refractivity contribution in [2.75, 3.05) is 18.1 Å². The Morgan fingerprint density at radius 2 is 2.04 bits per heavy atom. The second-order valence-corrected chi connectivity index (χ2v) is 8.73. The van der Waals surface area contributed by atoms with Gasteiger partial charge < -0.3 is 9.47 Å². The number of para-hydroxylation sites is 1. The van der Waals surface area contributed by atoms with Crippen LogP contribution in [0.3, 0.4) is 0 Å². The first kappa shape index (κ1) is 20.1. The molecule has 2 aromatic rings. The van der Waals surface area contributed by atoms with Gasteiger partial charge in [-0.1, -0.05) is 30.4 Å². The number of thioether (sulfide) groups is 1. The van der Waals surface area contributed by atoms with Crippen LogP contribution in [0.25, 0.3) is 10.2 Å². The number of hydrogen-bond acceptors (Lipinski definition) is 4. The number of fused-ring (bicyclic) bond motifs is 1. The number of nitrogens with zero attached hydrogens (tertiary/aromatic N) is 3. The van der Waals surface area contributed by atoms with Gasteiger partial charge in [-0.15, -0.1) is 11.8 Å². The van der Waals surface area contributed by atoms with Crippen LogP contribution in [0.4, 0.5) is 0 Å². The number of aromatic nitrogens is 1. The maximum atomic E-state index is 12.5. The van der Waals surface area contributed by atoms with E-state index in [2.05, 4.69) is 29.5 Å². The van der Waals surface area contributed by atoms with Crippen molar-refractivity contribution >= 4 is 45.1 Å². The average Bonchev–Trinajstić information content (AvgIpc) is 3.04. The first-order chi connectivity index (χ1) is 13.1. The molecule has 1 aromatic carbocycles. The highest BCUT2D eigenvalue weighted by molar-refractivity contribution is 8.00. The van der Waals surface area contributed by atoms with E-state index in [1.165, 1.54) is 29.5 Å². The van der Waals surface area contributed by atoms with Gasteiger partial charge in [0.15, 0.2) is 4.80 Å². The van der Waals surface area contributed by atoms with Crippen LogP contribution in [0.1, 0.15) is 39.5 Å². The number of piperidine rings is 1. The SMILES string of the molecule is CCC1CCCCN1C(=O)CSCC(=O)N=c1sc2ccccc2n1CC. The van der Waals surface area contributed by atoms with Gasteiger partial charge in [-0.2, -0.15) is 4.99 Å². The molecule has 1 unspecified atom stereocenters. The molecule has 2 heterocycles. The second-order valence-electron chi connectivity index (χ2n) is 6.74. The lowest BCUT2D eigenvalue weighted by Crippen LogP contribution is -2.44. The van der Waals surface area contributed by atoms with Crippen molar-refractivity contribution in [2.45, 2.75) is 52.1 Å². The molecule has 2 amide bonds. The van der Waals surface area contributed by atoms with E-state index >= 15 is 0 Å². The van der Waals surface area contributed by atoms with Gasteiger partial charge in [0.2, 0.25) is 5.91 Å². The third-order valence-electron chi connectivity index (χ3n) is 4.99. The molecule has 3 rings (SSSR count). The minimum Gasteiger partial charge on any atom is -0.339 e. The summed E-state index contributed by atoms with van der Waals surface area (Å²) < 4.78 is 3.19. The van der Waals surface area contributed by atoms with Crippen LogP contribution in [0, 0.1) is 0 Å². The summed E-state index contributed by atoms with van der Waals surface area (Å²) in [7, 11) is 0. The van der Waals surface area contributed by atoms with Crippen LogP contribution in [0.15, 0.2) is 29.3 Å². The summed E-state index contributed by atoms with van der Waals surface area (Å²) in [6.07, 6.45) is 4.40. The zero-order valence-electron chi connectivity index (χ0n) is 16.0. The van der Waals surface area contributed by atoms with Crippen molar-refractivity contribution in [3.8, 4) is 0 Å². The monoisotopic (exact) mass is 405 g/mol. The lowest BCUT2D eigenvalue weighted by molar-refractivity contribution is -0.132. The molecule has 0 aliphatic carbocycles. The summed E-state index contributed by atoms with van der Waals surface area (Å²) in [4.78, 5) is 31.9. The summed E-state index contributed by atoms with van der Waals surface area (Å²) in [6, 6.07) is 8.46. The van der Waals surface area contributed by atoms with Crippen molar-refractivity contribution in [1.82, 2.24) is 9.47 Å². The van der Waals surface area contributed by atoms with E-state index in [-0.39, 0.29) is 17.6 Å². The summed E-state index contributed by atoms with van der Waals surface area (Å²) in [5.74, 6) is 0.587. The summed E-state index contributed by atoms with van der Waals surface area (Å²) in [5.41, 5.74) is 1.11. The van der Waals surface area contributed by atoms with Gasteiger partial charge in [0, 0.05) is 19.1 Å². The van der Waals surface area contributed by atoms with Crippen molar-refractivity contribution < 1.29 is 9.59 Å². The van der Waals surface area contributed by atoms with Crippen molar-refractivity contribution in [2.24, 2.45) is 4.99 Å². The third-order valence-corrected chi connectivity index (χ3v) is 6.96. The molecular weight excluding hydrogens is 378 g/mol. The Morgan fingerprint density at radius 3 is 2.81 bits per heavy atom. The van der Waals surface area contributed by atoms with Crippen LogP contribution in [0.2, 0.25) is 0 Å². The van der Waals surface area contributed by atoms with Crippen LogP contribution >= 0.6 is 23.1 Å². The Bertz CT molecular complexity index is 871. The van der Waals surface area contributed by atoms with E-state index in [1.807, 2.05) is 23.1 Å². The van der Waals surface area contributed by atoms with Gasteiger partial charge in [0.1, 0.15) is 0 Å². The van der Waals surface area contributed by atoms with Gasteiger partial charge in [-0.25, -0.2) is 0 Å². The Kier molecular flexibility index (Phi) is 7.13. The molecular formula is C20H27N3O2S2. The largest absolute Gasteiger partial charge is 0.339 e. The number of carbonyl (C=O) groups excluding carboxylic acids is 2. The Morgan fingerprint density at radius 1 is 1.22 bits per heavy atom. The maximum Gasteiger partial charge on any atom is 0.258 e. The first-order valence-electron chi connectivity index (χ1n) is 9.67. The second kappa shape index (κ2) is 9.55. The van der Waals surface area contributed by atoms with E-state index in [4.69, 9.17) is 0 Å². The summed E-state index contributed by atoms with van der Waals surface area (Å²) in [5, 5.41) is 0. The van der Waals surface area contributed by atoms with Crippen molar-refractivity contribution in [1.29, 1.82) is 0 Å². The fraction of sp³-hybridized carbons (Fsp3) is 0.550. The zero-order valence-corrected chi connectivity index (χ0v) is 17.7. The Balaban J connectivity index is 1.60. The number of hydrogen-bond donors (Lipinski definition) is 0. The molecule has 1 saturated heterocycles. The Labute approximate surface area is 168 Å². The fourth-order valence-electron chi connectivity index (χ4n) is 3.61. The van der Waals surface area contributed by atoms with E-state index in [0.29, 0.717) is 11.8 Å². The minimum absolute atomic E-state index is 0.157. The molecule has 0 spiro atoms. The van der Waals surface area contributed by atoms with Gasteiger partial charge in [0.05, 0.1) is 21.7 Å². The van der Waals surface area contributed by atoms with E-state index < -0.39 is 0 Å². The van der Waals surface area contributed by atoms with Crippen LogP contribution in [-0.2, 0) is 16.1 Å². The molecule has 0 bridgehead atoms. The highest BCUT2D eigenvalue weighted by atomic mass is 32.2. The smallest absolute Gasteiger partial charge is 0.258 e. The van der Waals surface area contributed by atoms with E-state index in [9.17, 15) is 9.59 Å². The first-order valence-corrected chi connectivity index (χ1v) is 11.6. The number of carbonyl (C=O) groups is 2. The van der Waals surface area contributed by atoms with Gasteiger partial charge in [-0.05, 0) is 44.7 Å². The number of rotatable bonds is 6. The highest BCUT2D eigenvalue weighted by Gasteiger charge is 2.25. The lowest BCUT2D eigenvalue weighted by atomic mass is 10.0. The average molecular weight is 406 g/mol. The minimum atomic E-state index is -0.174. The third kappa shape index (κ3) is 4.82. The molecule has 146 valence electrons. The molecule has 1 atom stereocenters. The summed E-state index contributed by atoms with van der Waals surface area (Å²) >= 11 is 2.91. The van der Waals surface area contributed by atoms with E-state index in [1.54, 1.807) is 0 Å². The van der Waals surface area contributed by atoms with Crippen LogP contribution < -0.4 is 4.80 Å². The Hall–Kier alpha value is -1.60. The number of benzene rings is 1. The molecule has 0 saturated carbocycles. The predicted octanol–water partition coefficient (Wildman–Crippen LogP) is 3.67.